The zero-order valence-electron chi connectivity index (χ0n) is 15.2. The van der Waals surface area contributed by atoms with E-state index in [0.29, 0.717) is 12.5 Å². The lowest BCUT2D eigenvalue weighted by molar-refractivity contribution is 0.293. The van der Waals surface area contributed by atoms with Crippen LogP contribution in [0, 0.1) is 0 Å². The van der Waals surface area contributed by atoms with E-state index in [9.17, 15) is 0 Å². The van der Waals surface area contributed by atoms with E-state index in [-0.39, 0.29) is 5.41 Å². The molecule has 0 amide bonds. The molecular weight excluding hydrogens is 324 g/mol. The molecule has 2 aromatic carbocycles. The number of H-pyrrole nitrogens is 2. The maximum Gasteiger partial charge on any atom is 0.233 e. The van der Waals surface area contributed by atoms with Crippen molar-refractivity contribution in [2.75, 3.05) is 0 Å². The molecule has 0 unspecified atom stereocenters. The van der Waals surface area contributed by atoms with E-state index in [4.69, 9.17) is 4.74 Å². The first kappa shape index (κ1) is 16.4. The third kappa shape index (κ3) is 3.33. The highest BCUT2D eigenvalue weighted by Crippen LogP contribution is 2.24. The van der Waals surface area contributed by atoms with Gasteiger partial charge in [-0.3, -0.25) is 5.10 Å². The molecule has 0 saturated carbocycles. The summed E-state index contributed by atoms with van der Waals surface area (Å²) in [5.41, 5.74) is 5.32. The third-order valence-corrected chi connectivity index (χ3v) is 4.41. The molecule has 0 aliphatic rings. The van der Waals surface area contributed by atoms with Crippen molar-refractivity contribution in [3.05, 3.63) is 65.7 Å². The summed E-state index contributed by atoms with van der Waals surface area (Å²) in [4.78, 5) is 7.85. The Morgan fingerprint density at radius 2 is 1.77 bits per heavy atom. The molecule has 0 aliphatic carbocycles. The van der Waals surface area contributed by atoms with Crippen LogP contribution in [0.1, 0.15) is 31.9 Å². The van der Waals surface area contributed by atoms with Crippen molar-refractivity contribution in [3.63, 3.8) is 0 Å². The molecule has 0 atom stereocenters. The minimum absolute atomic E-state index is 0.156. The molecule has 5 nitrogen and oxygen atoms in total. The second-order valence-electron chi connectivity index (χ2n) is 7.46. The second kappa shape index (κ2) is 6.33. The van der Waals surface area contributed by atoms with Gasteiger partial charge in [0.1, 0.15) is 12.3 Å². The molecule has 2 aromatic heterocycles. The number of ether oxygens (including phenoxy) is 1. The Labute approximate surface area is 152 Å². The van der Waals surface area contributed by atoms with Gasteiger partial charge >= 0.3 is 0 Å². The maximum atomic E-state index is 5.81. The monoisotopic (exact) mass is 346 g/mol. The van der Waals surface area contributed by atoms with Gasteiger partial charge in [0.25, 0.3) is 0 Å². The van der Waals surface area contributed by atoms with Crippen molar-refractivity contribution in [2.45, 2.75) is 32.8 Å². The standard InChI is InChI=1S/C21H22N4O/c1-21(2,3)15-10-8-14(9-11-15)13-26-19-12-18(24-25-19)20-22-16-6-4-5-7-17(16)23-20/h4-12H,13H2,1-3H3,(H,22,23)(H,24,25). The lowest BCUT2D eigenvalue weighted by Gasteiger charge is -2.19. The first-order chi connectivity index (χ1) is 12.5. The van der Waals surface area contributed by atoms with Crippen LogP contribution in [0.3, 0.4) is 0 Å². The number of aromatic amines is 2. The fraction of sp³-hybridized carbons (Fsp3) is 0.238. The molecule has 2 N–H and O–H groups in total. The molecule has 0 bridgehead atoms. The Kier molecular flexibility index (Phi) is 3.99. The Bertz CT molecular complexity index is 989. The maximum absolute atomic E-state index is 5.81. The molecular formula is C21H22N4O. The predicted molar refractivity (Wildman–Crippen MR) is 103 cm³/mol. The van der Waals surface area contributed by atoms with E-state index in [1.807, 2.05) is 30.3 Å². The molecule has 2 heterocycles. The summed E-state index contributed by atoms with van der Waals surface area (Å²) >= 11 is 0. The van der Waals surface area contributed by atoms with Gasteiger partial charge < -0.3 is 9.72 Å². The smallest absolute Gasteiger partial charge is 0.233 e. The number of nitrogens with zero attached hydrogens (tertiary/aromatic N) is 2. The number of hydrogen-bond donors (Lipinski definition) is 2. The highest BCUT2D eigenvalue weighted by Gasteiger charge is 2.13. The predicted octanol–water partition coefficient (Wildman–Crippen LogP) is 4.83. The van der Waals surface area contributed by atoms with Crippen molar-refractivity contribution in [1.82, 2.24) is 20.2 Å². The van der Waals surface area contributed by atoms with Crippen LogP contribution in [0.25, 0.3) is 22.6 Å². The van der Waals surface area contributed by atoms with Gasteiger partial charge in [-0.15, -0.1) is 5.10 Å². The van der Waals surface area contributed by atoms with Crippen LogP contribution in [0.4, 0.5) is 0 Å². The Hall–Kier alpha value is -3.08. The van der Waals surface area contributed by atoms with Gasteiger partial charge in [0.15, 0.2) is 5.82 Å². The summed E-state index contributed by atoms with van der Waals surface area (Å²) < 4.78 is 5.81. The van der Waals surface area contributed by atoms with E-state index in [1.165, 1.54) is 5.56 Å². The first-order valence-electron chi connectivity index (χ1n) is 8.72. The summed E-state index contributed by atoms with van der Waals surface area (Å²) in [5.74, 6) is 1.31. The zero-order chi connectivity index (χ0) is 18.1. The molecule has 0 spiro atoms. The van der Waals surface area contributed by atoms with Crippen molar-refractivity contribution in [1.29, 1.82) is 0 Å². The topological polar surface area (TPSA) is 66.6 Å². The van der Waals surface area contributed by atoms with Crippen LogP contribution in [-0.4, -0.2) is 20.2 Å². The molecule has 5 heteroatoms. The molecule has 0 saturated heterocycles. The lowest BCUT2D eigenvalue weighted by Crippen LogP contribution is -2.10. The van der Waals surface area contributed by atoms with E-state index in [2.05, 4.69) is 65.2 Å². The summed E-state index contributed by atoms with van der Waals surface area (Å²) in [7, 11) is 0. The number of aromatic nitrogens is 4. The first-order valence-corrected chi connectivity index (χ1v) is 8.72. The number of benzene rings is 2. The van der Waals surface area contributed by atoms with Gasteiger partial charge in [0.05, 0.1) is 11.0 Å². The van der Waals surface area contributed by atoms with E-state index in [1.54, 1.807) is 0 Å². The van der Waals surface area contributed by atoms with Gasteiger partial charge in [-0.25, -0.2) is 4.98 Å². The molecule has 132 valence electrons. The highest BCUT2D eigenvalue weighted by molar-refractivity contribution is 5.78. The molecule has 0 radical (unpaired) electrons. The molecule has 4 rings (SSSR count). The highest BCUT2D eigenvalue weighted by atomic mass is 16.5. The van der Waals surface area contributed by atoms with Gasteiger partial charge in [0, 0.05) is 6.07 Å². The van der Waals surface area contributed by atoms with Gasteiger partial charge in [0.2, 0.25) is 5.88 Å². The Balaban J connectivity index is 1.45. The number of hydrogen-bond acceptors (Lipinski definition) is 3. The zero-order valence-corrected chi connectivity index (χ0v) is 15.2. The van der Waals surface area contributed by atoms with Crippen LogP contribution >= 0.6 is 0 Å². The fourth-order valence-corrected chi connectivity index (χ4v) is 2.84. The van der Waals surface area contributed by atoms with Crippen molar-refractivity contribution in [2.24, 2.45) is 0 Å². The number of fused-ring (bicyclic) bond motifs is 1. The quantitative estimate of drug-likeness (QED) is 0.556. The van der Waals surface area contributed by atoms with Crippen LogP contribution in [-0.2, 0) is 12.0 Å². The van der Waals surface area contributed by atoms with Crippen LogP contribution < -0.4 is 4.74 Å². The molecule has 0 aliphatic heterocycles. The summed E-state index contributed by atoms with van der Waals surface area (Å²) in [6.45, 7) is 7.11. The molecule has 0 fully saturated rings. The second-order valence-corrected chi connectivity index (χ2v) is 7.46. The van der Waals surface area contributed by atoms with Gasteiger partial charge in [-0.2, -0.15) is 0 Å². The summed E-state index contributed by atoms with van der Waals surface area (Å²) in [6, 6.07) is 18.3. The third-order valence-electron chi connectivity index (χ3n) is 4.41. The van der Waals surface area contributed by atoms with E-state index >= 15 is 0 Å². The minimum Gasteiger partial charge on any atom is -0.472 e. The largest absolute Gasteiger partial charge is 0.472 e. The van der Waals surface area contributed by atoms with Crippen LogP contribution in [0.2, 0.25) is 0 Å². The Morgan fingerprint density at radius 3 is 2.50 bits per heavy atom. The minimum atomic E-state index is 0.156. The normalized spacial score (nSPS) is 11.8. The number of rotatable bonds is 4. The van der Waals surface area contributed by atoms with Crippen LogP contribution in [0.15, 0.2) is 54.6 Å². The van der Waals surface area contributed by atoms with Crippen molar-refractivity contribution in [3.8, 4) is 17.4 Å². The van der Waals surface area contributed by atoms with E-state index in [0.717, 1.165) is 28.1 Å². The van der Waals surface area contributed by atoms with Crippen LogP contribution in [0.5, 0.6) is 5.88 Å². The SMILES string of the molecule is CC(C)(C)c1ccc(COc2cc(-c3nc4ccccc4[nH]3)[nH]n2)cc1. The van der Waals surface area contributed by atoms with Gasteiger partial charge in [-0.1, -0.05) is 57.2 Å². The number of para-hydroxylation sites is 2. The van der Waals surface area contributed by atoms with E-state index < -0.39 is 0 Å². The summed E-state index contributed by atoms with van der Waals surface area (Å²) in [6.07, 6.45) is 0. The lowest BCUT2D eigenvalue weighted by atomic mass is 9.87. The number of imidazole rings is 1. The Morgan fingerprint density at radius 1 is 1.00 bits per heavy atom. The van der Waals surface area contributed by atoms with Crippen molar-refractivity contribution >= 4 is 11.0 Å². The van der Waals surface area contributed by atoms with Crippen molar-refractivity contribution < 1.29 is 4.74 Å². The number of nitrogens with one attached hydrogen (secondary N) is 2. The summed E-state index contributed by atoms with van der Waals surface area (Å²) in [5, 5.41) is 7.21. The average molecular weight is 346 g/mol. The van der Waals surface area contributed by atoms with Gasteiger partial charge in [-0.05, 0) is 28.7 Å². The fourth-order valence-electron chi connectivity index (χ4n) is 2.84. The average Bonchev–Trinajstić information content (AvgIpc) is 3.26. The molecule has 4 aromatic rings. The molecule has 26 heavy (non-hydrogen) atoms.